The number of aliphatic hydroxyl groups is 1. The number of ketones is 1. The molecule has 0 saturated carbocycles. The number of hydrogen-bond donors (Lipinski definition) is 1. The van der Waals surface area contributed by atoms with Crippen LogP contribution in [0.3, 0.4) is 0 Å². The number of rotatable bonds is 5. The van der Waals surface area contributed by atoms with E-state index in [1.807, 2.05) is 31.2 Å². The lowest BCUT2D eigenvalue weighted by atomic mass is 9.95. The molecule has 6 nitrogen and oxygen atoms in total. The molecule has 1 amide bonds. The van der Waals surface area contributed by atoms with Gasteiger partial charge in [-0.3, -0.25) is 14.5 Å². The van der Waals surface area contributed by atoms with Gasteiger partial charge in [-0.2, -0.15) is 0 Å². The number of amides is 1. The lowest BCUT2D eigenvalue weighted by Crippen LogP contribution is -2.29. The molecule has 1 aromatic heterocycles. The van der Waals surface area contributed by atoms with E-state index in [9.17, 15) is 14.7 Å². The second-order valence-corrected chi connectivity index (χ2v) is 9.09. The molecule has 1 atom stereocenters. The molecule has 1 unspecified atom stereocenters. The second-order valence-electron chi connectivity index (χ2n) is 7.65. The molecule has 4 aromatic rings. The highest BCUT2D eigenvalue weighted by molar-refractivity contribution is 7.22. The van der Waals surface area contributed by atoms with Gasteiger partial charge in [0.2, 0.25) is 0 Å². The molecule has 1 fully saturated rings. The van der Waals surface area contributed by atoms with Crippen LogP contribution in [0, 0.1) is 0 Å². The first kappa shape index (κ1) is 22.1. The number of halogens is 1. The summed E-state index contributed by atoms with van der Waals surface area (Å²) in [5.41, 5.74) is 1.77. The summed E-state index contributed by atoms with van der Waals surface area (Å²) in [6.45, 7) is 2.43. The molecule has 1 N–H and O–H groups in total. The van der Waals surface area contributed by atoms with Gasteiger partial charge in [-0.1, -0.05) is 65.4 Å². The third-order valence-electron chi connectivity index (χ3n) is 5.54. The van der Waals surface area contributed by atoms with Crippen LogP contribution in [0.1, 0.15) is 24.1 Å². The zero-order chi connectivity index (χ0) is 23.8. The fourth-order valence-electron chi connectivity index (χ4n) is 3.99. The molecule has 3 aromatic carbocycles. The van der Waals surface area contributed by atoms with Gasteiger partial charge in [-0.05, 0) is 42.8 Å². The zero-order valence-electron chi connectivity index (χ0n) is 18.1. The van der Waals surface area contributed by atoms with Gasteiger partial charge in [0.1, 0.15) is 11.5 Å². The van der Waals surface area contributed by atoms with E-state index >= 15 is 0 Å². The molecule has 34 heavy (non-hydrogen) atoms. The molecule has 170 valence electrons. The average molecular weight is 491 g/mol. The third-order valence-corrected chi connectivity index (χ3v) is 6.81. The van der Waals surface area contributed by atoms with Gasteiger partial charge in [0, 0.05) is 10.6 Å². The van der Waals surface area contributed by atoms with E-state index in [0.29, 0.717) is 39.2 Å². The molecular formula is C26H19ClN2O4S. The highest BCUT2D eigenvalue weighted by Gasteiger charge is 2.48. The maximum absolute atomic E-state index is 13.3. The van der Waals surface area contributed by atoms with Crippen molar-refractivity contribution in [2.45, 2.75) is 13.0 Å². The molecule has 1 aliphatic rings. The Morgan fingerprint density at radius 1 is 1.09 bits per heavy atom. The number of ether oxygens (including phenoxy) is 1. The highest BCUT2D eigenvalue weighted by atomic mass is 35.5. The van der Waals surface area contributed by atoms with Crippen molar-refractivity contribution in [3.05, 3.63) is 94.5 Å². The summed E-state index contributed by atoms with van der Waals surface area (Å²) in [7, 11) is 0. The Labute approximate surface area is 204 Å². The number of thiazole rings is 1. The summed E-state index contributed by atoms with van der Waals surface area (Å²) in [5.74, 6) is -1.05. The average Bonchev–Trinajstić information content (AvgIpc) is 3.38. The van der Waals surface area contributed by atoms with E-state index in [0.717, 1.165) is 4.70 Å². The topological polar surface area (TPSA) is 79.7 Å². The zero-order valence-corrected chi connectivity index (χ0v) is 19.6. The Bertz CT molecular complexity index is 1430. The number of Topliss-reactive ketones (excluding diaryl/α,β-unsaturated/α-hetero) is 1. The van der Waals surface area contributed by atoms with E-state index in [1.165, 1.54) is 16.2 Å². The fraction of sp³-hybridized carbons (Fsp3) is 0.115. The molecule has 0 aliphatic carbocycles. The van der Waals surface area contributed by atoms with Crippen LogP contribution in [0.15, 0.2) is 78.4 Å². The maximum atomic E-state index is 13.3. The first-order chi connectivity index (χ1) is 16.5. The van der Waals surface area contributed by atoms with Crippen LogP contribution in [0.5, 0.6) is 5.75 Å². The summed E-state index contributed by atoms with van der Waals surface area (Å²) >= 11 is 7.37. The lowest BCUT2D eigenvalue weighted by molar-refractivity contribution is -0.132. The first-order valence-corrected chi connectivity index (χ1v) is 11.8. The predicted octanol–water partition coefficient (Wildman–Crippen LogP) is 5.97. The molecule has 1 aliphatic heterocycles. The Morgan fingerprint density at radius 2 is 1.82 bits per heavy atom. The van der Waals surface area contributed by atoms with Crippen LogP contribution < -0.4 is 9.64 Å². The van der Waals surface area contributed by atoms with Crippen molar-refractivity contribution >= 4 is 55.7 Å². The van der Waals surface area contributed by atoms with Gasteiger partial charge < -0.3 is 9.84 Å². The standard InChI is InChI=1S/C26H19ClN2O4S/c1-2-33-18-12-13-19-20(14-18)34-26(28-19)29-22(15-8-10-17(27)11-9-15)21(24(31)25(29)32)23(30)16-6-4-3-5-7-16/h3-14,22,30H,2H2,1H3. The van der Waals surface area contributed by atoms with Crippen molar-refractivity contribution in [1.82, 2.24) is 4.98 Å². The molecule has 1 saturated heterocycles. The van der Waals surface area contributed by atoms with Crippen LogP contribution in [0.4, 0.5) is 5.13 Å². The predicted molar refractivity (Wildman–Crippen MR) is 133 cm³/mol. The second kappa shape index (κ2) is 8.93. The molecular weight excluding hydrogens is 472 g/mol. The van der Waals surface area contributed by atoms with E-state index < -0.39 is 17.7 Å². The Hall–Kier alpha value is -3.68. The molecule has 0 bridgehead atoms. The number of hydrogen-bond acceptors (Lipinski definition) is 6. The Balaban J connectivity index is 1.69. The van der Waals surface area contributed by atoms with E-state index in [-0.39, 0.29) is 11.3 Å². The van der Waals surface area contributed by atoms with Gasteiger partial charge in [-0.15, -0.1) is 0 Å². The van der Waals surface area contributed by atoms with Crippen LogP contribution in [0.25, 0.3) is 16.0 Å². The Kier molecular flexibility index (Phi) is 5.81. The number of benzene rings is 3. The quantitative estimate of drug-likeness (QED) is 0.211. The largest absolute Gasteiger partial charge is 0.507 e. The normalized spacial score (nSPS) is 17.5. The van der Waals surface area contributed by atoms with Gasteiger partial charge in [0.15, 0.2) is 5.13 Å². The van der Waals surface area contributed by atoms with Crippen molar-refractivity contribution in [3.63, 3.8) is 0 Å². The van der Waals surface area contributed by atoms with Crippen LogP contribution in [-0.4, -0.2) is 28.4 Å². The third kappa shape index (κ3) is 3.83. The summed E-state index contributed by atoms with van der Waals surface area (Å²) in [6, 6.07) is 20.2. The van der Waals surface area contributed by atoms with Gasteiger partial charge in [-0.25, -0.2) is 4.98 Å². The van der Waals surface area contributed by atoms with Crippen LogP contribution in [0.2, 0.25) is 5.02 Å². The lowest BCUT2D eigenvalue weighted by Gasteiger charge is -2.23. The number of carbonyl (C=O) groups excluding carboxylic acids is 2. The molecule has 8 heteroatoms. The molecule has 5 rings (SSSR count). The smallest absolute Gasteiger partial charge is 0.301 e. The van der Waals surface area contributed by atoms with Crippen LogP contribution in [-0.2, 0) is 9.59 Å². The first-order valence-electron chi connectivity index (χ1n) is 10.6. The SMILES string of the molecule is CCOc1ccc2nc(N3C(=O)C(=O)C(=C(O)c4ccccc4)C3c3ccc(Cl)cc3)sc2c1. The molecule has 2 heterocycles. The van der Waals surface area contributed by atoms with Crippen molar-refractivity contribution in [3.8, 4) is 5.75 Å². The summed E-state index contributed by atoms with van der Waals surface area (Å²) in [5, 5.41) is 12.0. The number of aliphatic hydroxyl groups excluding tert-OH is 1. The fourth-order valence-corrected chi connectivity index (χ4v) is 5.14. The minimum Gasteiger partial charge on any atom is -0.507 e. The van der Waals surface area contributed by atoms with Crippen molar-refractivity contribution in [2.24, 2.45) is 0 Å². The van der Waals surface area contributed by atoms with E-state index in [2.05, 4.69) is 4.98 Å². The van der Waals surface area contributed by atoms with Gasteiger partial charge in [0.25, 0.3) is 5.78 Å². The minimum atomic E-state index is -0.857. The molecule has 0 radical (unpaired) electrons. The van der Waals surface area contributed by atoms with Crippen molar-refractivity contribution in [2.75, 3.05) is 11.5 Å². The van der Waals surface area contributed by atoms with Crippen LogP contribution >= 0.6 is 22.9 Å². The Morgan fingerprint density at radius 3 is 2.53 bits per heavy atom. The monoisotopic (exact) mass is 490 g/mol. The maximum Gasteiger partial charge on any atom is 0.301 e. The number of fused-ring (bicyclic) bond motifs is 1. The van der Waals surface area contributed by atoms with E-state index in [1.54, 1.807) is 48.5 Å². The number of anilines is 1. The summed E-state index contributed by atoms with van der Waals surface area (Å²) in [6.07, 6.45) is 0. The van der Waals surface area contributed by atoms with Gasteiger partial charge >= 0.3 is 5.91 Å². The number of aromatic nitrogens is 1. The summed E-state index contributed by atoms with van der Waals surface area (Å²) < 4.78 is 6.40. The number of nitrogens with zero attached hydrogens (tertiary/aromatic N) is 2. The minimum absolute atomic E-state index is 0.00721. The van der Waals surface area contributed by atoms with Crippen molar-refractivity contribution in [1.29, 1.82) is 0 Å². The molecule has 0 spiro atoms. The highest BCUT2D eigenvalue weighted by Crippen LogP contribution is 2.44. The number of carbonyl (C=O) groups is 2. The van der Waals surface area contributed by atoms with Gasteiger partial charge in [0.05, 0.1) is 28.4 Å². The summed E-state index contributed by atoms with van der Waals surface area (Å²) in [4.78, 5) is 32.5. The van der Waals surface area contributed by atoms with E-state index in [4.69, 9.17) is 16.3 Å². The van der Waals surface area contributed by atoms with Crippen molar-refractivity contribution < 1.29 is 19.4 Å².